The number of hydrogen-bond acceptors (Lipinski definition) is 3. The number of nitrogen functional groups attached to an aromatic ring is 2. The van der Waals surface area contributed by atoms with Crippen LogP contribution in [0.15, 0.2) is 6.07 Å². The van der Waals surface area contributed by atoms with E-state index in [-0.39, 0.29) is 10.7 Å². The van der Waals surface area contributed by atoms with Gasteiger partial charge in [0.1, 0.15) is 5.02 Å². The lowest BCUT2D eigenvalue weighted by molar-refractivity contribution is 0.604. The normalized spacial score (nSPS) is 18.6. The second-order valence-electron chi connectivity index (χ2n) is 5.82. The van der Waals surface area contributed by atoms with Gasteiger partial charge >= 0.3 is 0 Å². The molecule has 0 bridgehead atoms. The van der Waals surface area contributed by atoms with Gasteiger partial charge in [0.25, 0.3) is 0 Å². The first kappa shape index (κ1) is 12.9. The third-order valence-corrected chi connectivity index (χ3v) is 4.29. The van der Waals surface area contributed by atoms with Gasteiger partial charge in [-0.1, -0.05) is 11.6 Å². The average Bonchev–Trinajstić information content (AvgIpc) is 3.21. The van der Waals surface area contributed by atoms with Gasteiger partial charge in [-0.25, -0.2) is 4.39 Å². The minimum absolute atomic E-state index is 0.0132. The molecule has 2 fully saturated rings. The standard InChI is InChI=1S/C14H19ClFN3/c15-12-10(17)5-11(18)14(13(12)16)19(6-8-1-2-8)7-9-3-4-9/h5,8-9H,1-4,6-7,17-18H2. The third kappa shape index (κ3) is 2.73. The molecule has 19 heavy (non-hydrogen) atoms. The fourth-order valence-corrected chi connectivity index (χ4v) is 2.60. The summed E-state index contributed by atoms with van der Waals surface area (Å²) in [5.74, 6) is 0.878. The second-order valence-corrected chi connectivity index (χ2v) is 6.20. The molecule has 2 saturated carbocycles. The molecule has 0 aliphatic heterocycles. The van der Waals surface area contributed by atoms with Crippen molar-refractivity contribution in [3.63, 3.8) is 0 Å². The van der Waals surface area contributed by atoms with E-state index in [1.54, 1.807) is 6.07 Å². The molecule has 104 valence electrons. The molecule has 1 aromatic carbocycles. The second kappa shape index (κ2) is 4.75. The highest BCUT2D eigenvalue weighted by Gasteiger charge is 2.32. The van der Waals surface area contributed by atoms with E-state index in [1.807, 2.05) is 0 Å². The zero-order chi connectivity index (χ0) is 13.6. The number of rotatable bonds is 5. The first-order valence-corrected chi connectivity index (χ1v) is 7.22. The zero-order valence-electron chi connectivity index (χ0n) is 10.8. The third-order valence-electron chi connectivity index (χ3n) is 3.91. The molecule has 2 aliphatic carbocycles. The van der Waals surface area contributed by atoms with Crippen molar-refractivity contribution in [3.8, 4) is 0 Å². The van der Waals surface area contributed by atoms with Crippen LogP contribution in [-0.4, -0.2) is 13.1 Å². The van der Waals surface area contributed by atoms with Crippen LogP contribution < -0.4 is 16.4 Å². The van der Waals surface area contributed by atoms with Gasteiger partial charge in [-0.15, -0.1) is 0 Å². The van der Waals surface area contributed by atoms with Crippen LogP contribution in [0.1, 0.15) is 25.7 Å². The van der Waals surface area contributed by atoms with Gasteiger partial charge in [0.2, 0.25) is 0 Å². The lowest BCUT2D eigenvalue weighted by Gasteiger charge is -2.27. The largest absolute Gasteiger partial charge is 0.397 e. The molecule has 2 aliphatic rings. The number of hydrogen-bond donors (Lipinski definition) is 2. The molecule has 0 amide bonds. The summed E-state index contributed by atoms with van der Waals surface area (Å²) in [5.41, 5.74) is 12.7. The molecule has 0 unspecified atom stereocenters. The predicted octanol–water partition coefficient (Wildman–Crippen LogP) is 3.27. The van der Waals surface area contributed by atoms with Crippen LogP contribution in [0.25, 0.3) is 0 Å². The molecule has 0 spiro atoms. The molecule has 3 nitrogen and oxygen atoms in total. The van der Waals surface area contributed by atoms with Crippen LogP contribution in [0.2, 0.25) is 5.02 Å². The highest BCUT2D eigenvalue weighted by molar-refractivity contribution is 6.33. The number of nitrogens with zero attached hydrogens (tertiary/aromatic N) is 1. The molecule has 0 radical (unpaired) electrons. The summed E-state index contributed by atoms with van der Waals surface area (Å²) in [5, 5.41) is -0.0132. The van der Waals surface area contributed by atoms with Crippen molar-refractivity contribution < 1.29 is 4.39 Å². The fraction of sp³-hybridized carbons (Fsp3) is 0.571. The Kier molecular flexibility index (Phi) is 3.21. The predicted molar refractivity (Wildman–Crippen MR) is 77.9 cm³/mol. The Labute approximate surface area is 117 Å². The van der Waals surface area contributed by atoms with Crippen molar-refractivity contribution in [3.05, 3.63) is 16.9 Å². The molecular formula is C14H19ClFN3. The maximum Gasteiger partial charge on any atom is 0.169 e. The molecule has 3 rings (SSSR count). The van der Waals surface area contributed by atoms with Crippen molar-refractivity contribution in [1.29, 1.82) is 0 Å². The molecule has 0 heterocycles. The Morgan fingerprint density at radius 3 is 2.11 bits per heavy atom. The molecular weight excluding hydrogens is 265 g/mol. The van der Waals surface area contributed by atoms with Gasteiger partial charge in [-0.3, -0.25) is 0 Å². The molecule has 4 N–H and O–H groups in total. The van der Waals surface area contributed by atoms with Crippen molar-refractivity contribution in [2.24, 2.45) is 11.8 Å². The molecule has 1 aromatic rings. The average molecular weight is 284 g/mol. The van der Waals surface area contributed by atoms with Crippen LogP contribution >= 0.6 is 11.6 Å². The van der Waals surface area contributed by atoms with E-state index >= 15 is 0 Å². The summed E-state index contributed by atoms with van der Waals surface area (Å²) in [6.45, 7) is 1.75. The van der Waals surface area contributed by atoms with Crippen LogP contribution in [0.5, 0.6) is 0 Å². The van der Waals surface area contributed by atoms with E-state index in [0.29, 0.717) is 23.2 Å². The molecule has 0 saturated heterocycles. The summed E-state index contributed by atoms with van der Waals surface area (Å²) >= 11 is 5.92. The maximum absolute atomic E-state index is 14.4. The minimum atomic E-state index is -0.472. The summed E-state index contributed by atoms with van der Waals surface area (Å²) in [7, 11) is 0. The number of benzene rings is 1. The van der Waals surface area contributed by atoms with Crippen LogP contribution in [-0.2, 0) is 0 Å². The van der Waals surface area contributed by atoms with Gasteiger partial charge in [-0.2, -0.15) is 0 Å². The number of nitrogens with two attached hydrogens (primary N) is 2. The van der Waals surface area contributed by atoms with Crippen molar-refractivity contribution in [2.75, 3.05) is 29.5 Å². The quantitative estimate of drug-likeness (QED) is 0.816. The van der Waals surface area contributed by atoms with E-state index in [1.165, 1.54) is 25.7 Å². The highest BCUT2D eigenvalue weighted by atomic mass is 35.5. The van der Waals surface area contributed by atoms with E-state index < -0.39 is 5.82 Å². The highest BCUT2D eigenvalue weighted by Crippen LogP contribution is 2.41. The summed E-state index contributed by atoms with van der Waals surface area (Å²) in [6, 6.07) is 1.56. The fourth-order valence-electron chi connectivity index (χ4n) is 2.46. The smallest absolute Gasteiger partial charge is 0.169 e. The summed E-state index contributed by atoms with van der Waals surface area (Å²) in [4.78, 5) is 2.07. The Morgan fingerprint density at radius 1 is 1.11 bits per heavy atom. The maximum atomic E-state index is 14.4. The molecule has 5 heteroatoms. The van der Waals surface area contributed by atoms with Crippen molar-refractivity contribution in [2.45, 2.75) is 25.7 Å². The van der Waals surface area contributed by atoms with Gasteiger partial charge in [-0.05, 0) is 43.6 Å². The first-order chi connectivity index (χ1) is 9.06. The monoisotopic (exact) mass is 283 g/mol. The van der Waals surface area contributed by atoms with Crippen molar-refractivity contribution >= 4 is 28.7 Å². The number of anilines is 3. The van der Waals surface area contributed by atoms with Gasteiger partial charge in [0, 0.05) is 13.1 Å². The topological polar surface area (TPSA) is 55.3 Å². The summed E-state index contributed by atoms with van der Waals surface area (Å²) in [6.07, 6.45) is 4.91. The SMILES string of the molecule is Nc1cc(N)c(N(CC2CC2)CC2CC2)c(F)c1Cl. The van der Waals surface area contributed by atoms with Gasteiger partial charge in [0.15, 0.2) is 5.82 Å². The van der Waals surface area contributed by atoms with Crippen LogP contribution in [0, 0.1) is 17.7 Å². The van der Waals surface area contributed by atoms with E-state index in [4.69, 9.17) is 23.1 Å². The van der Waals surface area contributed by atoms with E-state index in [0.717, 1.165) is 13.1 Å². The lowest BCUT2D eigenvalue weighted by atomic mass is 10.2. The lowest BCUT2D eigenvalue weighted by Crippen LogP contribution is -2.30. The van der Waals surface area contributed by atoms with Gasteiger partial charge in [0.05, 0.1) is 17.1 Å². The van der Waals surface area contributed by atoms with Crippen LogP contribution in [0.3, 0.4) is 0 Å². The molecule has 0 atom stereocenters. The van der Waals surface area contributed by atoms with Crippen LogP contribution in [0.4, 0.5) is 21.5 Å². The Morgan fingerprint density at radius 2 is 1.63 bits per heavy atom. The first-order valence-electron chi connectivity index (χ1n) is 6.84. The molecule has 0 aromatic heterocycles. The summed E-state index contributed by atoms with van der Waals surface area (Å²) < 4.78 is 14.4. The Bertz CT molecular complexity index is 484. The van der Waals surface area contributed by atoms with E-state index in [2.05, 4.69) is 4.90 Å². The number of halogens is 2. The minimum Gasteiger partial charge on any atom is -0.397 e. The zero-order valence-corrected chi connectivity index (χ0v) is 11.6. The van der Waals surface area contributed by atoms with Gasteiger partial charge < -0.3 is 16.4 Å². The van der Waals surface area contributed by atoms with Crippen molar-refractivity contribution in [1.82, 2.24) is 0 Å². The Balaban J connectivity index is 1.92. The Hall–Kier alpha value is -1.16. The van der Waals surface area contributed by atoms with E-state index in [9.17, 15) is 4.39 Å².